The molecule has 0 aliphatic carbocycles. The molecule has 0 fully saturated rings. The summed E-state index contributed by atoms with van der Waals surface area (Å²) in [5, 5.41) is 10.8. The molecule has 2 aromatic rings. The number of carbonyl (C=O) groups is 2. The van der Waals surface area contributed by atoms with Gasteiger partial charge >= 0.3 is 0 Å². The molecule has 1 heterocycles. The van der Waals surface area contributed by atoms with Crippen molar-refractivity contribution >= 4 is 33.4 Å². The van der Waals surface area contributed by atoms with Gasteiger partial charge < -0.3 is 4.98 Å². The molecule has 0 aliphatic rings. The van der Waals surface area contributed by atoms with E-state index in [1.54, 1.807) is 6.20 Å². The molecular formula is C12H9BrN4O4. The molecular weight excluding hydrogens is 344 g/mol. The van der Waals surface area contributed by atoms with E-state index in [4.69, 9.17) is 0 Å². The van der Waals surface area contributed by atoms with Crippen LogP contribution >= 0.6 is 15.9 Å². The molecule has 1 aromatic heterocycles. The number of nitrogens with zero attached hydrogens (tertiary/aromatic N) is 1. The Labute approximate surface area is 126 Å². The number of amides is 2. The van der Waals surface area contributed by atoms with Crippen LogP contribution in [0.3, 0.4) is 0 Å². The quantitative estimate of drug-likeness (QED) is 0.576. The minimum Gasteiger partial charge on any atom is -0.356 e. The predicted octanol–water partition coefficient (Wildman–Crippen LogP) is 1.76. The maximum absolute atomic E-state index is 11.9. The van der Waals surface area contributed by atoms with Crippen LogP contribution in [0.15, 0.2) is 41.0 Å². The number of hydrogen-bond acceptors (Lipinski definition) is 4. The van der Waals surface area contributed by atoms with E-state index in [0.29, 0.717) is 4.47 Å². The molecule has 2 amide bonds. The van der Waals surface area contributed by atoms with Gasteiger partial charge in [0.25, 0.3) is 17.5 Å². The number of benzene rings is 1. The van der Waals surface area contributed by atoms with Crippen molar-refractivity contribution in [1.29, 1.82) is 0 Å². The fourth-order valence-electron chi connectivity index (χ4n) is 1.57. The first-order valence-corrected chi connectivity index (χ1v) is 6.46. The second-order valence-corrected chi connectivity index (χ2v) is 4.83. The minimum absolute atomic E-state index is 0.143. The molecule has 1 aromatic carbocycles. The van der Waals surface area contributed by atoms with Crippen molar-refractivity contribution in [1.82, 2.24) is 15.8 Å². The molecule has 8 nitrogen and oxygen atoms in total. The van der Waals surface area contributed by atoms with Crippen molar-refractivity contribution < 1.29 is 14.5 Å². The standard InChI is InChI=1S/C12H9BrN4O4/c13-7-5-9(14-6-7)12(19)16-15-11(18)8-3-1-2-4-10(8)17(20)21/h1-6,14H,(H,15,18)(H,16,19). The van der Waals surface area contributed by atoms with Crippen LogP contribution in [0, 0.1) is 10.1 Å². The number of hydrogen-bond donors (Lipinski definition) is 3. The van der Waals surface area contributed by atoms with Crippen LogP contribution in [0.1, 0.15) is 20.8 Å². The first kappa shape index (κ1) is 14.7. The lowest BCUT2D eigenvalue weighted by atomic mass is 10.2. The van der Waals surface area contributed by atoms with E-state index in [-0.39, 0.29) is 16.9 Å². The number of nitro benzene ring substituents is 1. The van der Waals surface area contributed by atoms with Gasteiger partial charge in [-0.05, 0) is 28.1 Å². The third kappa shape index (κ3) is 3.45. The smallest absolute Gasteiger partial charge is 0.286 e. The number of aromatic amines is 1. The Morgan fingerprint density at radius 1 is 1.19 bits per heavy atom. The topological polar surface area (TPSA) is 117 Å². The molecule has 9 heteroatoms. The number of nitrogens with one attached hydrogen (secondary N) is 3. The van der Waals surface area contributed by atoms with Crippen molar-refractivity contribution in [3.05, 3.63) is 62.4 Å². The predicted molar refractivity (Wildman–Crippen MR) is 76.5 cm³/mol. The summed E-state index contributed by atoms with van der Waals surface area (Å²) in [5.74, 6) is -1.35. The Balaban J connectivity index is 2.06. The average molecular weight is 353 g/mol. The molecule has 0 spiro atoms. The highest BCUT2D eigenvalue weighted by Crippen LogP contribution is 2.17. The summed E-state index contributed by atoms with van der Waals surface area (Å²) in [6, 6.07) is 6.96. The number of nitro groups is 1. The third-order valence-electron chi connectivity index (χ3n) is 2.53. The number of para-hydroxylation sites is 1. The van der Waals surface area contributed by atoms with Gasteiger partial charge in [-0.3, -0.25) is 30.6 Å². The van der Waals surface area contributed by atoms with E-state index in [0.717, 1.165) is 0 Å². The summed E-state index contributed by atoms with van der Waals surface area (Å²) in [7, 11) is 0. The molecule has 0 saturated carbocycles. The van der Waals surface area contributed by atoms with E-state index < -0.39 is 16.7 Å². The fraction of sp³-hybridized carbons (Fsp3) is 0. The van der Waals surface area contributed by atoms with E-state index >= 15 is 0 Å². The number of H-pyrrole nitrogens is 1. The highest BCUT2D eigenvalue weighted by molar-refractivity contribution is 9.10. The Kier molecular flexibility index (Phi) is 4.33. The molecule has 0 aliphatic heterocycles. The largest absolute Gasteiger partial charge is 0.356 e. The highest BCUT2D eigenvalue weighted by atomic mass is 79.9. The van der Waals surface area contributed by atoms with Gasteiger partial charge in [0.05, 0.1) is 4.92 Å². The van der Waals surface area contributed by atoms with Crippen LogP contribution in [-0.2, 0) is 0 Å². The van der Waals surface area contributed by atoms with E-state index in [2.05, 4.69) is 31.8 Å². The highest BCUT2D eigenvalue weighted by Gasteiger charge is 2.19. The lowest BCUT2D eigenvalue weighted by molar-refractivity contribution is -0.385. The summed E-state index contributed by atoms with van der Waals surface area (Å²) in [5.41, 5.74) is 4.03. The summed E-state index contributed by atoms with van der Waals surface area (Å²) in [6.45, 7) is 0. The maximum atomic E-state index is 11.9. The van der Waals surface area contributed by atoms with Gasteiger partial charge in [-0.1, -0.05) is 12.1 Å². The van der Waals surface area contributed by atoms with Crippen LogP contribution < -0.4 is 10.9 Å². The zero-order valence-corrected chi connectivity index (χ0v) is 12.0. The summed E-state index contributed by atoms with van der Waals surface area (Å²) in [4.78, 5) is 36.4. The molecule has 0 bridgehead atoms. The monoisotopic (exact) mass is 352 g/mol. The molecule has 0 saturated heterocycles. The second kappa shape index (κ2) is 6.18. The van der Waals surface area contributed by atoms with E-state index in [9.17, 15) is 19.7 Å². The lowest BCUT2D eigenvalue weighted by Crippen LogP contribution is -2.41. The van der Waals surface area contributed by atoms with Crippen molar-refractivity contribution in [3.63, 3.8) is 0 Å². The molecule has 0 radical (unpaired) electrons. The van der Waals surface area contributed by atoms with Crippen LogP contribution in [-0.4, -0.2) is 21.7 Å². The number of halogens is 1. The lowest BCUT2D eigenvalue weighted by Gasteiger charge is -2.06. The summed E-state index contributed by atoms with van der Waals surface area (Å²) >= 11 is 3.17. The van der Waals surface area contributed by atoms with Gasteiger partial charge in [0.2, 0.25) is 0 Å². The van der Waals surface area contributed by atoms with Crippen LogP contribution in [0.25, 0.3) is 0 Å². The van der Waals surface area contributed by atoms with Crippen LogP contribution in [0.4, 0.5) is 5.69 Å². The molecule has 0 unspecified atom stereocenters. The van der Waals surface area contributed by atoms with Crippen molar-refractivity contribution in [2.45, 2.75) is 0 Å². The number of aromatic nitrogens is 1. The average Bonchev–Trinajstić information content (AvgIpc) is 2.91. The zero-order valence-electron chi connectivity index (χ0n) is 10.4. The second-order valence-electron chi connectivity index (χ2n) is 3.91. The first-order valence-electron chi connectivity index (χ1n) is 5.67. The normalized spacial score (nSPS) is 9.95. The van der Waals surface area contributed by atoms with Gasteiger partial charge in [-0.15, -0.1) is 0 Å². The number of hydrazine groups is 1. The van der Waals surface area contributed by atoms with E-state index in [1.807, 2.05) is 0 Å². The van der Waals surface area contributed by atoms with Gasteiger partial charge in [-0.2, -0.15) is 0 Å². The third-order valence-corrected chi connectivity index (χ3v) is 2.99. The summed E-state index contributed by atoms with van der Waals surface area (Å²) in [6.07, 6.45) is 1.55. The molecule has 21 heavy (non-hydrogen) atoms. The Morgan fingerprint density at radius 3 is 2.48 bits per heavy atom. The minimum atomic E-state index is -0.777. The van der Waals surface area contributed by atoms with E-state index in [1.165, 1.54) is 30.3 Å². The first-order chi connectivity index (χ1) is 9.99. The van der Waals surface area contributed by atoms with Gasteiger partial charge in [-0.25, -0.2) is 0 Å². The fourth-order valence-corrected chi connectivity index (χ4v) is 1.92. The Bertz CT molecular complexity index is 713. The van der Waals surface area contributed by atoms with Gasteiger partial charge in [0, 0.05) is 16.7 Å². The maximum Gasteiger partial charge on any atom is 0.286 e. The zero-order chi connectivity index (χ0) is 15.4. The molecule has 0 atom stereocenters. The molecule has 2 rings (SSSR count). The molecule has 108 valence electrons. The number of carbonyl (C=O) groups excluding carboxylic acids is 2. The Hall–Kier alpha value is -2.68. The van der Waals surface area contributed by atoms with Crippen molar-refractivity contribution in [2.75, 3.05) is 0 Å². The SMILES string of the molecule is O=C(NNC(=O)c1ccccc1[N+](=O)[O-])c1cc(Br)c[nH]1. The van der Waals surface area contributed by atoms with Crippen molar-refractivity contribution in [3.8, 4) is 0 Å². The van der Waals surface area contributed by atoms with Crippen LogP contribution in [0.2, 0.25) is 0 Å². The summed E-state index contributed by atoms with van der Waals surface area (Å²) < 4.78 is 0.678. The Morgan fingerprint density at radius 2 is 1.86 bits per heavy atom. The number of rotatable bonds is 3. The van der Waals surface area contributed by atoms with Crippen LogP contribution in [0.5, 0.6) is 0 Å². The van der Waals surface area contributed by atoms with Gasteiger partial charge in [0.15, 0.2) is 0 Å². The van der Waals surface area contributed by atoms with Gasteiger partial charge in [0.1, 0.15) is 11.3 Å². The molecule has 3 N–H and O–H groups in total. The van der Waals surface area contributed by atoms with Crippen molar-refractivity contribution in [2.24, 2.45) is 0 Å².